The molecule has 0 amide bonds. The van der Waals surface area contributed by atoms with Crippen molar-refractivity contribution in [2.24, 2.45) is 0 Å². The van der Waals surface area contributed by atoms with Gasteiger partial charge in [0.05, 0.1) is 0 Å². The maximum absolute atomic E-state index is 11.4. The molecule has 0 spiro atoms. The summed E-state index contributed by atoms with van der Waals surface area (Å²) in [5, 5.41) is 0.724. The number of rotatable bonds is 3. The van der Waals surface area contributed by atoms with Crippen LogP contribution in [-0.4, -0.2) is 41.8 Å². The zero-order valence-corrected chi connectivity index (χ0v) is 11.9. The molecule has 2 aromatic rings. The van der Waals surface area contributed by atoms with Crippen molar-refractivity contribution in [3.05, 3.63) is 36.4 Å². The highest BCUT2D eigenvalue weighted by atomic mass is 32.2. The first kappa shape index (κ1) is 14.0. The van der Waals surface area contributed by atoms with Crippen LogP contribution in [0, 0.1) is 0 Å². The lowest BCUT2D eigenvalue weighted by Crippen LogP contribution is -2.37. The Kier molecular flexibility index (Phi) is 3.41. The molecule has 0 saturated carbocycles. The standard InChI is InChI=1S/C11H13B3O4S/c12-11(13,14)18-9-5-6-10(19(15,16)17)8-4-2-1-3-7(8)9/h1-6H,12-14H2,(H,15,16,17). The molecule has 2 rings (SSSR count). The maximum atomic E-state index is 11.4. The lowest BCUT2D eigenvalue weighted by molar-refractivity contribution is 0.322. The molecular formula is C11H13B3O4S. The summed E-state index contributed by atoms with van der Waals surface area (Å²) < 4.78 is 37.8. The Hall–Kier alpha value is -1.40. The number of hydrogen-bond acceptors (Lipinski definition) is 3. The molecule has 0 aromatic heterocycles. The summed E-state index contributed by atoms with van der Waals surface area (Å²) in [7, 11) is 1.50. The second-order valence-electron chi connectivity index (χ2n) is 5.30. The first-order valence-corrected chi connectivity index (χ1v) is 7.31. The predicted molar refractivity (Wildman–Crippen MR) is 82.8 cm³/mol. The fourth-order valence-corrected chi connectivity index (χ4v) is 2.58. The molecule has 0 bridgehead atoms. The zero-order chi connectivity index (χ0) is 14.3. The molecule has 0 heterocycles. The van der Waals surface area contributed by atoms with Crippen LogP contribution in [0.3, 0.4) is 0 Å². The number of ether oxygens (including phenoxy) is 1. The third-order valence-corrected chi connectivity index (χ3v) is 3.45. The van der Waals surface area contributed by atoms with Crippen LogP contribution in [0.4, 0.5) is 0 Å². The molecule has 0 radical (unpaired) electrons. The average Bonchev–Trinajstić information content (AvgIpc) is 2.25. The van der Waals surface area contributed by atoms with Crippen molar-refractivity contribution >= 4 is 44.4 Å². The molecule has 0 aliphatic heterocycles. The normalized spacial score (nSPS) is 12.5. The minimum Gasteiger partial charge on any atom is -0.513 e. The lowest BCUT2D eigenvalue weighted by Gasteiger charge is -2.23. The minimum absolute atomic E-state index is 0.107. The van der Waals surface area contributed by atoms with Crippen LogP contribution < -0.4 is 4.74 Å². The molecule has 0 fully saturated rings. The van der Waals surface area contributed by atoms with Gasteiger partial charge in [-0.3, -0.25) is 4.55 Å². The van der Waals surface area contributed by atoms with Gasteiger partial charge in [-0.15, -0.1) is 0 Å². The Morgan fingerprint density at radius 2 is 1.58 bits per heavy atom. The van der Waals surface area contributed by atoms with Crippen LogP contribution in [0.2, 0.25) is 0 Å². The molecule has 0 aliphatic rings. The van der Waals surface area contributed by atoms with Crippen LogP contribution in [0.1, 0.15) is 0 Å². The topological polar surface area (TPSA) is 63.6 Å². The van der Waals surface area contributed by atoms with Gasteiger partial charge in [-0.05, 0) is 12.1 Å². The summed E-state index contributed by atoms with van der Waals surface area (Å²) in [4.78, 5) is -0.107. The summed E-state index contributed by atoms with van der Waals surface area (Å²) in [6.45, 7) is 0. The SMILES string of the molecule is BC(B)(B)Oc1ccc(S(=O)(=O)O)c2ccccc12. The largest absolute Gasteiger partial charge is 0.513 e. The molecule has 0 unspecified atom stereocenters. The van der Waals surface area contributed by atoms with Gasteiger partial charge in [0.25, 0.3) is 10.1 Å². The molecule has 19 heavy (non-hydrogen) atoms. The van der Waals surface area contributed by atoms with Gasteiger partial charge in [0.1, 0.15) is 34.2 Å². The van der Waals surface area contributed by atoms with E-state index < -0.39 is 10.1 Å². The smallest absolute Gasteiger partial charge is 0.295 e. The van der Waals surface area contributed by atoms with Crippen molar-refractivity contribution in [3.63, 3.8) is 0 Å². The van der Waals surface area contributed by atoms with Crippen molar-refractivity contribution in [1.82, 2.24) is 0 Å². The Labute approximate surface area is 115 Å². The van der Waals surface area contributed by atoms with Gasteiger partial charge in [0, 0.05) is 16.1 Å². The molecule has 0 aliphatic carbocycles. The van der Waals surface area contributed by atoms with Crippen molar-refractivity contribution in [3.8, 4) is 5.75 Å². The van der Waals surface area contributed by atoms with E-state index in [1.165, 1.54) is 6.07 Å². The van der Waals surface area contributed by atoms with Crippen LogP contribution in [0.15, 0.2) is 41.3 Å². The summed E-state index contributed by atoms with van der Waals surface area (Å²) in [5.41, 5.74) is 0. The van der Waals surface area contributed by atoms with Crippen molar-refractivity contribution < 1.29 is 17.7 Å². The second kappa shape index (κ2) is 4.61. The van der Waals surface area contributed by atoms with Gasteiger partial charge in [-0.2, -0.15) is 8.42 Å². The van der Waals surface area contributed by atoms with Crippen molar-refractivity contribution in [2.45, 2.75) is 10.2 Å². The Morgan fingerprint density at radius 3 is 2.11 bits per heavy atom. The quantitative estimate of drug-likeness (QED) is 0.574. The number of hydrogen-bond donors (Lipinski definition) is 1. The van der Waals surface area contributed by atoms with Gasteiger partial charge in [0.15, 0.2) is 0 Å². The van der Waals surface area contributed by atoms with E-state index in [0.717, 1.165) is 0 Å². The Bertz CT molecular complexity index is 722. The maximum Gasteiger partial charge on any atom is 0.295 e. The monoisotopic (exact) mass is 274 g/mol. The van der Waals surface area contributed by atoms with E-state index in [9.17, 15) is 13.0 Å². The van der Waals surface area contributed by atoms with Gasteiger partial charge < -0.3 is 4.74 Å². The highest BCUT2D eigenvalue weighted by Crippen LogP contribution is 2.31. The van der Waals surface area contributed by atoms with E-state index in [1.807, 2.05) is 23.5 Å². The first-order chi connectivity index (χ1) is 8.68. The minimum atomic E-state index is -4.25. The first-order valence-electron chi connectivity index (χ1n) is 5.87. The van der Waals surface area contributed by atoms with E-state index in [4.69, 9.17) is 4.74 Å². The van der Waals surface area contributed by atoms with Gasteiger partial charge >= 0.3 is 0 Å². The van der Waals surface area contributed by atoms with Crippen LogP contribution >= 0.6 is 0 Å². The Balaban J connectivity index is 2.72. The van der Waals surface area contributed by atoms with E-state index >= 15 is 0 Å². The number of benzene rings is 2. The van der Waals surface area contributed by atoms with E-state index in [-0.39, 0.29) is 10.2 Å². The summed E-state index contributed by atoms with van der Waals surface area (Å²) in [6.07, 6.45) is 0. The van der Waals surface area contributed by atoms with Crippen molar-refractivity contribution in [1.29, 1.82) is 0 Å². The molecule has 0 saturated heterocycles. The molecule has 1 N–H and O–H groups in total. The Morgan fingerprint density at radius 1 is 1.00 bits per heavy atom. The van der Waals surface area contributed by atoms with Crippen LogP contribution in [0.5, 0.6) is 5.75 Å². The molecule has 4 nitrogen and oxygen atoms in total. The van der Waals surface area contributed by atoms with Crippen LogP contribution in [-0.2, 0) is 10.1 Å². The number of fused-ring (bicyclic) bond motifs is 1. The molecular weight excluding hydrogens is 261 g/mol. The lowest BCUT2D eigenvalue weighted by atomic mass is 9.52. The van der Waals surface area contributed by atoms with Gasteiger partial charge in [-0.1, -0.05) is 24.3 Å². The molecule has 2 aromatic carbocycles. The van der Waals surface area contributed by atoms with E-state index in [2.05, 4.69) is 0 Å². The van der Waals surface area contributed by atoms with Gasteiger partial charge in [-0.25, -0.2) is 0 Å². The van der Waals surface area contributed by atoms with Gasteiger partial charge in [0.2, 0.25) is 0 Å². The fourth-order valence-electron chi connectivity index (χ4n) is 1.89. The third-order valence-electron chi connectivity index (χ3n) is 2.54. The van der Waals surface area contributed by atoms with E-state index in [1.54, 1.807) is 30.3 Å². The summed E-state index contributed by atoms with van der Waals surface area (Å²) in [5.74, 6) is 0.593. The predicted octanol–water partition coefficient (Wildman–Crippen LogP) is -1.02. The third kappa shape index (κ3) is 3.14. The summed E-state index contributed by atoms with van der Waals surface area (Å²) in [6, 6.07) is 9.86. The molecule has 96 valence electrons. The average molecular weight is 274 g/mol. The molecule has 8 heteroatoms. The van der Waals surface area contributed by atoms with Crippen LogP contribution in [0.25, 0.3) is 10.8 Å². The fraction of sp³-hybridized carbons (Fsp3) is 0.0909. The van der Waals surface area contributed by atoms with E-state index in [0.29, 0.717) is 16.5 Å². The highest BCUT2D eigenvalue weighted by Gasteiger charge is 2.19. The zero-order valence-electron chi connectivity index (χ0n) is 11.0. The summed E-state index contributed by atoms with van der Waals surface area (Å²) >= 11 is 0. The second-order valence-corrected chi connectivity index (χ2v) is 6.69. The van der Waals surface area contributed by atoms with Crippen molar-refractivity contribution in [2.75, 3.05) is 0 Å². The highest BCUT2D eigenvalue weighted by molar-refractivity contribution is 7.86. The molecule has 0 atom stereocenters.